The molecule has 1 rings (SSSR count). The van der Waals surface area contributed by atoms with Gasteiger partial charge in [-0.15, -0.1) is 0 Å². The van der Waals surface area contributed by atoms with Crippen molar-refractivity contribution < 1.29 is 0 Å². The zero-order valence-electron chi connectivity index (χ0n) is 7.18. The maximum Gasteiger partial charge on any atom is 0.0102 e. The number of nitrogens with two attached hydrogens (primary N) is 1. The van der Waals surface area contributed by atoms with E-state index in [0.717, 1.165) is 11.0 Å². The van der Waals surface area contributed by atoms with Gasteiger partial charge in [-0.3, -0.25) is 0 Å². The fourth-order valence-electron chi connectivity index (χ4n) is 1.25. The van der Waals surface area contributed by atoms with Gasteiger partial charge in [-0.25, -0.2) is 0 Å². The Morgan fingerprint density at radius 3 is 2.73 bits per heavy atom. The summed E-state index contributed by atoms with van der Waals surface area (Å²) < 4.78 is 0. The van der Waals surface area contributed by atoms with Gasteiger partial charge in [0, 0.05) is 17.0 Å². The highest BCUT2D eigenvalue weighted by Gasteiger charge is 2.13. The monoisotopic (exact) mass is 174 g/mol. The predicted octanol–water partition coefficient (Wildman–Crippen LogP) is 0.819. The summed E-state index contributed by atoms with van der Waals surface area (Å²) in [5.74, 6) is 1.12. The van der Waals surface area contributed by atoms with E-state index in [9.17, 15) is 0 Å². The summed E-state index contributed by atoms with van der Waals surface area (Å²) in [7, 11) is 0. The topological polar surface area (TPSA) is 38.0 Å². The molecular formula is C8H18N2S. The van der Waals surface area contributed by atoms with Crippen LogP contribution in [0.15, 0.2) is 0 Å². The van der Waals surface area contributed by atoms with E-state index in [2.05, 4.69) is 12.2 Å². The molecule has 0 spiro atoms. The summed E-state index contributed by atoms with van der Waals surface area (Å²) in [6.45, 7) is 4.46. The number of piperidine rings is 1. The Morgan fingerprint density at radius 1 is 1.55 bits per heavy atom. The van der Waals surface area contributed by atoms with Gasteiger partial charge >= 0.3 is 0 Å². The average molecular weight is 174 g/mol. The van der Waals surface area contributed by atoms with Crippen molar-refractivity contribution in [3.05, 3.63) is 0 Å². The van der Waals surface area contributed by atoms with Crippen LogP contribution in [0.25, 0.3) is 0 Å². The first kappa shape index (κ1) is 9.36. The van der Waals surface area contributed by atoms with Gasteiger partial charge in [-0.2, -0.15) is 11.8 Å². The first-order valence-electron chi connectivity index (χ1n) is 4.37. The first-order chi connectivity index (χ1) is 5.29. The van der Waals surface area contributed by atoms with Gasteiger partial charge < -0.3 is 11.1 Å². The third-order valence-electron chi connectivity index (χ3n) is 1.88. The maximum atomic E-state index is 5.67. The molecule has 0 aliphatic carbocycles. The third-order valence-corrected chi connectivity index (χ3v) is 3.54. The SMILES string of the molecule is CC(N)CSC1CCNCC1. The minimum Gasteiger partial charge on any atom is -0.327 e. The molecule has 1 aliphatic rings. The van der Waals surface area contributed by atoms with E-state index in [1.807, 2.05) is 11.8 Å². The van der Waals surface area contributed by atoms with Gasteiger partial charge in [0.2, 0.25) is 0 Å². The van der Waals surface area contributed by atoms with Gasteiger partial charge in [0.25, 0.3) is 0 Å². The molecule has 1 atom stereocenters. The Balaban J connectivity index is 2.05. The van der Waals surface area contributed by atoms with E-state index < -0.39 is 0 Å². The molecule has 3 heteroatoms. The van der Waals surface area contributed by atoms with E-state index in [1.54, 1.807) is 0 Å². The van der Waals surface area contributed by atoms with Crippen molar-refractivity contribution in [1.29, 1.82) is 0 Å². The lowest BCUT2D eigenvalue weighted by molar-refractivity contribution is 0.531. The molecule has 1 fully saturated rings. The van der Waals surface area contributed by atoms with Crippen molar-refractivity contribution in [3.8, 4) is 0 Å². The Labute approximate surface area is 73.3 Å². The molecule has 1 heterocycles. The minimum atomic E-state index is 0.356. The highest BCUT2D eigenvalue weighted by Crippen LogP contribution is 2.20. The fourth-order valence-corrected chi connectivity index (χ4v) is 2.39. The molecule has 1 saturated heterocycles. The molecule has 1 unspecified atom stereocenters. The first-order valence-corrected chi connectivity index (χ1v) is 5.42. The summed E-state index contributed by atoms with van der Waals surface area (Å²) in [5, 5.41) is 4.22. The van der Waals surface area contributed by atoms with Crippen LogP contribution in [0, 0.1) is 0 Å². The molecule has 0 radical (unpaired) electrons. The molecule has 0 aromatic heterocycles. The average Bonchev–Trinajstić information content (AvgIpc) is 2.03. The molecule has 0 aromatic carbocycles. The lowest BCUT2D eigenvalue weighted by atomic mass is 10.2. The lowest BCUT2D eigenvalue weighted by Crippen LogP contribution is -2.30. The molecule has 66 valence electrons. The van der Waals surface area contributed by atoms with Crippen LogP contribution in [0.2, 0.25) is 0 Å². The molecule has 0 bridgehead atoms. The van der Waals surface area contributed by atoms with Crippen LogP contribution in [-0.4, -0.2) is 30.1 Å². The van der Waals surface area contributed by atoms with E-state index >= 15 is 0 Å². The fraction of sp³-hybridized carbons (Fsp3) is 1.00. The summed E-state index contributed by atoms with van der Waals surface area (Å²) >= 11 is 2.04. The smallest absolute Gasteiger partial charge is 0.0102 e. The van der Waals surface area contributed by atoms with Gasteiger partial charge in [-0.1, -0.05) is 0 Å². The van der Waals surface area contributed by atoms with Crippen molar-refractivity contribution in [2.75, 3.05) is 18.8 Å². The largest absolute Gasteiger partial charge is 0.327 e. The van der Waals surface area contributed by atoms with Crippen molar-refractivity contribution in [2.45, 2.75) is 31.1 Å². The normalized spacial score (nSPS) is 23.5. The van der Waals surface area contributed by atoms with Crippen LogP contribution < -0.4 is 11.1 Å². The molecule has 1 aliphatic heterocycles. The summed E-state index contributed by atoms with van der Waals surface area (Å²) in [6, 6.07) is 0.356. The quantitative estimate of drug-likeness (QED) is 0.665. The lowest BCUT2D eigenvalue weighted by Gasteiger charge is -2.22. The second-order valence-corrected chi connectivity index (χ2v) is 4.59. The second kappa shape index (κ2) is 5.01. The van der Waals surface area contributed by atoms with Gasteiger partial charge in [0.05, 0.1) is 0 Å². The molecule has 0 aromatic rings. The van der Waals surface area contributed by atoms with Gasteiger partial charge in [-0.05, 0) is 32.9 Å². The standard InChI is InChI=1S/C8H18N2S/c1-7(9)6-11-8-2-4-10-5-3-8/h7-8,10H,2-6,9H2,1H3. The summed E-state index contributed by atoms with van der Waals surface area (Å²) in [4.78, 5) is 0. The van der Waals surface area contributed by atoms with Crippen molar-refractivity contribution >= 4 is 11.8 Å². The third kappa shape index (κ3) is 3.99. The van der Waals surface area contributed by atoms with E-state index in [-0.39, 0.29) is 0 Å². The number of rotatable bonds is 3. The molecule has 2 nitrogen and oxygen atoms in total. The molecule has 3 N–H and O–H groups in total. The Morgan fingerprint density at radius 2 is 2.18 bits per heavy atom. The summed E-state index contributed by atoms with van der Waals surface area (Å²) in [6.07, 6.45) is 2.63. The van der Waals surface area contributed by atoms with Crippen LogP contribution in [0.5, 0.6) is 0 Å². The number of hydrogen-bond acceptors (Lipinski definition) is 3. The predicted molar refractivity (Wildman–Crippen MR) is 52.0 cm³/mol. The van der Waals surface area contributed by atoms with Crippen LogP contribution in [0.3, 0.4) is 0 Å². The maximum absolute atomic E-state index is 5.67. The van der Waals surface area contributed by atoms with Gasteiger partial charge in [0.15, 0.2) is 0 Å². The highest BCUT2D eigenvalue weighted by atomic mass is 32.2. The minimum absolute atomic E-state index is 0.356. The molecule has 11 heavy (non-hydrogen) atoms. The summed E-state index contributed by atoms with van der Waals surface area (Å²) in [5.41, 5.74) is 5.67. The molecule has 0 amide bonds. The molecular weight excluding hydrogens is 156 g/mol. The van der Waals surface area contributed by atoms with E-state index in [0.29, 0.717) is 6.04 Å². The van der Waals surface area contributed by atoms with Crippen molar-refractivity contribution in [1.82, 2.24) is 5.32 Å². The van der Waals surface area contributed by atoms with E-state index in [1.165, 1.54) is 25.9 Å². The number of thioether (sulfide) groups is 1. The Hall–Kier alpha value is 0.270. The van der Waals surface area contributed by atoms with Crippen LogP contribution in [0.4, 0.5) is 0 Å². The van der Waals surface area contributed by atoms with Gasteiger partial charge in [0.1, 0.15) is 0 Å². The van der Waals surface area contributed by atoms with Crippen LogP contribution >= 0.6 is 11.8 Å². The van der Waals surface area contributed by atoms with Crippen molar-refractivity contribution in [3.63, 3.8) is 0 Å². The molecule has 0 saturated carbocycles. The van der Waals surface area contributed by atoms with E-state index in [4.69, 9.17) is 5.73 Å². The van der Waals surface area contributed by atoms with Crippen molar-refractivity contribution in [2.24, 2.45) is 5.73 Å². The zero-order valence-corrected chi connectivity index (χ0v) is 7.99. The zero-order chi connectivity index (χ0) is 8.10. The second-order valence-electron chi connectivity index (χ2n) is 3.26. The number of nitrogens with one attached hydrogen (secondary N) is 1. The van der Waals surface area contributed by atoms with Crippen LogP contribution in [0.1, 0.15) is 19.8 Å². The Bertz CT molecular complexity index is 100. The Kier molecular flexibility index (Phi) is 4.26. The highest BCUT2D eigenvalue weighted by molar-refractivity contribution is 7.99. The van der Waals surface area contributed by atoms with Crippen LogP contribution in [-0.2, 0) is 0 Å². The number of hydrogen-bond donors (Lipinski definition) is 2.